The van der Waals surface area contributed by atoms with Crippen LogP contribution in [0.5, 0.6) is 0 Å². The highest BCUT2D eigenvalue weighted by Crippen LogP contribution is 2.51. The van der Waals surface area contributed by atoms with E-state index in [4.69, 9.17) is 10.5 Å². The fourth-order valence-corrected chi connectivity index (χ4v) is 4.41. The van der Waals surface area contributed by atoms with E-state index in [1.54, 1.807) is 0 Å². The third-order valence-electron chi connectivity index (χ3n) is 5.38. The van der Waals surface area contributed by atoms with Crippen LogP contribution in [0.4, 0.5) is 13.2 Å². The van der Waals surface area contributed by atoms with Gasteiger partial charge in [-0.05, 0) is 11.8 Å². The number of aromatic nitrogens is 2. The number of nitriles is 1. The monoisotopic (exact) mass is 370 g/mol. The number of ketones is 1. The average molecular weight is 370 g/mol. The summed E-state index contributed by atoms with van der Waals surface area (Å²) in [6, 6.07) is 1.96. The highest BCUT2D eigenvalue weighted by molar-refractivity contribution is 5.84. The molecule has 9 heteroatoms. The molecule has 142 valence electrons. The zero-order valence-corrected chi connectivity index (χ0v) is 14.7. The minimum absolute atomic E-state index is 0.159. The molecule has 0 radical (unpaired) electrons. The lowest BCUT2D eigenvalue weighted by Crippen LogP contribution is -2.56. The van der Waals surface area contributed by atoms with Crippen LogP contribution in [-0.2, 0) is 22.8 Å². The highest BCUT2D eigenvalue weighted by atomic mass is 19.4. The van der Waals surface area contributed by atoms with Gasteiger partial charge in [-0.15, -0.1) is 0 Å². The van der Waals surface area contributed by atoms with Crippen molar-refractivity contribution >= 4 is 5.78 Å². The van der Waals surface area contributed by atoms with Crippen LogP contribution in [0.15, 0.2) is 6.20 Å². The van der Waals surface area contributed by atoms with Crippen LogP contribution >= 0.6 is 0 Å². The molecular formula is C17H21F3N4O2. The van der Waals surface area contributed by atoms with Gasteiger partial charge in [0.1, 0.15) is 17.7 Å². The first-order valence-corrected chi connectivity index (χ1v) is 8.39. The third-order valence-corrected chi connectivity index (χ3v) is 5.38. The van der Waals surface area contributed by atoms with Crippen molar-refractivity contribution < 1.29 is 22.7 Å². The predicted octanol–water partition coefficient (Wildman–Crippen LogP) is 2.35. The number of alkyl halides is 3. The molecule has 1 aromatic rings. The van der Waals surface area contributed by atoms with Crippen LogP contribution in [-0.4, -0.2) is 27.9 Å². The third kappa shape index (κ3) is 3.01. The molecule has 1 saturated heterocycles. The molecule has 0 bridgehead atoms. The normalized spacial score (nSPS) is 34.2. The first-order valence-electron chi connectivity index (χ1n) is 8.39. The molecule has 1 aromatic heterocycles. The Labute approximate surface area is 149 Å². The second-order valence-electron chi connectivity index (χ2n) is 7.93. The van der Waals surface area contributed by atoms with Crippen molar-refractivity contribution in [1.82, 2.24) is 9.78 Å². The summed E-state index contributed by atoms with van der Waals surface area (Å²) in [4.78, 5) is 12.8. The van der Waals surface area contributed by atoms with Gasteiger partial charge in [-0.1, -0.05) is 13.8 Å². The van der Waals surface area contributed by atoms with Gasteiger partial charge in [-0.3, -0.25) is 9.48 Å². The van der Waals surface area contributed by atoms with Gasteiger partial charge in [-0.2, -0.15) is 23.5 Å². The Balaban J connectivity index is 2.14. The number of ether oxygens (including phenoxy) is 1. The quantitative estimate of drug-likeness (QED) is 0.819. The number of aryl methyl sites for hydroxylation is 1. The summed E-state index contributed by atoms with van der Waals surface area (Å²) < 4.78 is 47.2. The maximum absolute atomic E-state index is 13.6. The van der Waals surface area contributed by atoms with Gasteiger partial charge in [0.05, 0.1) is 30.2 Å². The molecule has 3 rings (SSSR count). The Morgan fingerprint density at radius 3 is 2.65 bits per heavy atom. The molecule has 1 aliphatic heterocycles. The van der Waals surface area contributed by atoms with Crippen molar-refractivity contribution in [3.8, 4) is 6.07 Å². The smallest absolute Gasteiger partial charge is 0.358 e. The molecule has 2 heterocycles. The number of carbonyl (C=O) groups is 1. The van der Waals surface area contributed by atoms with Gasteiger partial charge in [0, 0.05) is 24.9 Å². The fraction of sp³-hybridized carbons (Fsp3) is 0.706. The molecule has 2 aliphatic rings. The minimum atomic E-state index is -4.66. The number of halogens is 3. The van der Waals surface area contributed by atoms with Gasteiger partial charge in [0.25, 0.3) is 0 Å². The lowest BCUT2D eigenvalue weighted by Gasteiger charge is -2.49. The molecule has 5 atom stereocenters. The topological polar surface area (TPSA) is 93.9 Å². The molecular weight excluding hydrogens is 349 g/mol. The SMILES string of the molecule is Cn1ncc([C@@H]2[C@H](C#N)[C@H](N)O[C@@H]3CC(C)(C)CC(=O)[C@H]23)c1C(F)(F)F. The number of nitrogens with zero attached hydrogens (tertiary/aromatic N) is 3. The summed E-state index contributed by atoms with van der Waals surface area (Å²) in [5.41, 5.74) is 4.52. The van der Waals surface area contributed by atoms with E-state index in [9.17, 15) is 23.2 Å². The molecule has 2 N–H and O–H groups in total. The van der Waals surface area contributed by atoms with E-state index >= 15 is 0 Å². The Kier molecular flexibility index (Phi) is 4.40. The van der Waals surface area contributed by atoms with Crippen molar-refractivity contribution in [2.45, 2.75) is 51.1 Å². The molecule has 0 spiro atoms. The van der Waals surface area contributed by atoms with Crippen LogP contribution in [0.2, 0.25) is 0 Å². The molecule has 0 amide bonds. The minimum Gasteiger partial charge on any atom is -0.358 e. The number of hydrogen-bond donors (Lipinski definition) is 1. The second kappa shape index (κ2) is 6.06. The second-order valence-corrected chi connectivity index (χ2v) is 7.93. The van der Waals surface area contributed by atoms with Crippen molar-refractivity contribution in [3.63, 3.8) is 0 Å². The zero-order chi connectivity index (χ0) is 19.4. The van der Waals surface area contributed by atoms with Crippen LogP contribution < -0.4 is 5.73 Å². The first-order chi connectivity index (χ1) is 12.0. The van der Waals surface area contributed by atoms with Crippen molar-refractivity contribution in [2.75, 3.05) is 0 Å². The average Bonchev–Trinajstić information content (AvgIpc) is 2.85. The number of nitrogens with two attached hydrogens (primary N) is 1. The predicted molar refractivity (Wildman–Crippen MR) is 84.4 cm³/mol. The molecule has 1 aliphatic carbocycles. The van der Waals surface area contributed by atoms with E-state index in [0.29, 0.717) is 6.42 Å². The Morgan fingerprint density at radius 1 is 1.42 bits per heavy atom. The van der Waals surface area contributed by atoms with Crippen LogP contribution in [0, 0.1) is 28.6 Å². The molecule has 0 aromatic carbocycles. The van der Waals surface area contributed by atoms with Crippen LogP contribution in [0.25, 0.3) is 0 Å². The standard InChI is InChI=1S/C17H21F3N4O2/c1-16(2)4-10(25)13-11(5-16)26-15(22)8(6-21)12(13)9-7-23-24(3)14(9)17(18,19)20/h7-8,11-13,15H,4-5,22H2,1-3H3/t8-,11+,12-,13-,15+/m0/s1. The molecule has 0 unspecified atom stereocenters. The number of fused-ring (bicyclic) bond motifs is 1. The van der Waals surface area contributed by atoms with Crippen molar-refractivity contribution in [2.24, 2.45) is 30.0 Å². The fourth-order valence-electron chi connectivity index (χ4n) is 4.41. The van der Waals surface area contributed by atoms with E-state index in [2.05, 4.69) is 5.10 Å². The van der Waals surface area contributed by atoms with Crippen molar-refractivity contribution in [1.29, 1.82) is 5.26 Å². The van der Waals surface area contributed by atoms with Crippen molar-refractivity contribution in [3.05, 3.63) is 17.5 Å². The molecule has 1 saturated carbocycles. The summed E-state index contributed by atoms with van der Waals surface area (Å²) in [5, 5.41) is 13.3. The highest BCUT2D eigenvalue weighted by Gasteiger charge is 2.55. The summed E-state index contributed by atoms with van der Waals surface area (Å²) >= 11 is 0. The number of carbonyl (C=O) groups excluding carboxylic acids is 1. The maximum Gasteiger partial charge on any atom is 0.433 e. The number of rotatable bonds is 1. The molecule has 26 heavy (non-hydrogen) atoms. The maximum atomic E-state index is 13.6. The first kappa shape index (κ1) is 18.9. The summed E-state index contributed by atoms with van der Waals surface area (Å²) in [5.74, 6) is -3.09. The number of Topliss-reactive ketones (excluding diaryl/α,β-unsaturated/α-hetero) is 1. The lowest BCUT2D eigenvalue weighted by atomic mass is 9.61. The molecule has 6 nitrogen and oxygen atoms in total. The van der Waals surface area contributed by atoms with E-state index in [-0.39, 0.29) is 23.2 Å². The van der Waals surface area contributed by atoms with Crippen LogP contribution in [0.3, 0.4) is 0 Å². The molecule has 2 fully saturated rings. The summed E-state index contributed by atoms with van der Waals surface area (Å²) in [6.45, 7) is 3.82. The summed E-state index contributed by atoms with van der Waals surface area (Å²) in [7, 11) is 1.19. The van der Waals surface area contributed by atoms with Gasteiger partial charge >= 0.3 is 6.18 Å². The van der Waals surface area contributed by atoms with Gasteiger partial charge in [0.2, 0.25) is 0 Å². The van der Waals surface area contributed by atoms with E-state index in [0.717, 1.165) is 10.9 Å². The van der Waals surface area contributed by atoms with E-state index in [1.165, 1.54) is 7.05 Å². The zero-order valence-electron chi connectivity index (χ0n) is 14.7. The largest absolute Gasteiger partial charge is 0.433 e. The number of hydrogen-bond acceptors (Lipinski definition) is 5. The van der Waals surface area contributed by atoms with Gasteiger partial charge < -0.3 is 10.5 Å². The Hall–Kier alpha value is -1.92. The van der Waals surface area contributed by atoms with E-state index in [1.807, 2.05) is 19.9 Å². The Bertz CT molecular complexity index is 765. The Morgan fingerprint density at radius 2 is 2.08 bits per heavy atom. The summed E-state index contributed by atoms with van der Waals surface area (Å²) in [6.07, 6.45) is -4.52. The van der Waals surface area contributed by atoms with Gasteiger partial charge in [-0.25, -0.2) is 0 Å². The lowest BCUT2D eigenvalue weighted by molar-refractivity contribution is -0.166. The van der Waals surface area contributed by atoms with Gasteiger partial charge in [0.15, 0.2) is 0 Å². The van der Waals surface area contributed by atoms with Crippen LogP contribution in [0.1, 0.15) is 43.9 Å². The van der Waals surface area contributed by atoms with E-state index < -0.39 is 42.0 Å².